The summed E-state index contributed by atoms with van der Waals surface area (Å²) in [7, 11) is 0. The van der Waals surface area contributed by atoms with Crippen molar-refractivity contribution < 1.29 is 9.50 Å². The largest absolute Gasteiger partial charge is 0.393 e. The Morgan fingerprint density at radius 3 is 2.69 bits per heavy atom. The SMILES string of the molecule is CC(C)CC(O)CCc1cc(F)ccc1Br. The molecule has 1 aromatic carbocycles. The van der Waals surface area contributed by atoms with Crippen LogP contribution >= 0.6 is 15.9 Å². The smallest absolute Gasteiger partial charge is 0.123 e. The maximum Gasteiger partial charge on any atom is 0.123 e. The van der Waals surface area contributed by atoms with Gasteiger partial charge in [0.2, 0.25) is 0 Å². The Bertz CT molecular complexity index is 339. The summed E-state index contributed by atoms with van der Waals surface area (Å²) >= 11 is 3.38. The molecule has 1 N–H and O–H groups in total. The van der Waals surface area contributed by atoms with Gasteiger partial charge in [0, 0.05) is 4.47 Å². The normalized spacial score (nSPS) is 13.1. The molecule has 0 fully saturated rings. The molecule has 0 saturated carbocycles. The van der Waals surface area contributed by atoms with Crippen LogP contribution in [-0.4, -0.2) is 11.2 Å². The van der Waals surface area contributed by atoms with Crippen LogP contribution in [0.25, 0.3) is 0 Å². The summed E-state index contributed by atoms with van der Waals surface area (Å²) in [6.07, 6.45) is 1.88. The number of aryl methyl sites for hydroxylation is 1. The molecule has 0 saturated heterocycles. The predicted octanol–water partition coefficient (Wildman–Crippen LogP) is 3.93. The van der Waals surface area contributed by atoms with Crippen LogP contribution in [-0.2, 0) is 6.42 Å². The third kappa shape index (κ3) is 4.62. The highest BCUT2D eigenvalue weighted by Gasteiger charge is 2.09. The van der Waals surface area contributed by atoms with Gasteiger partial charge in [-0.15, -0.1) is 0 Å². The zero-order valence-electron chi connectivity index (χ0n) is 9.71. The van der Waals surface area contributed by atoms with Gasteiger partial charge >= 0.3 is 0 Å². The summed E-state index contributed by atoms with van der Waals surface area (Å²) in [6, 6.07) is 4.66. The third-order valence-electron chi connectivity index (χ3n) is 2.50. The van der Waals surface area contributed by atoms with Crippen molar-refractivity contribution in [2.24, 2.45) is 5.92 Å². The summed E-state index contributed by atoms with van der Waals surface area (Å²) in [5, 5.41) is 9.73. The number of hydrogen-bond donors (Lipinski definition) is 1. The highest BCUT2D eigenvalue weighted by Crippen LogP contribution is 2.20. The van der Waals surface area contributed by atoms with E-state index < -0.39 is 0 Å². The van der Waals surface area contributed by atoms with E-state index in [1.165, 1.54) is 12.1 Å². The van der Waals surface area contributed by atoms with Crippen LogP contribution in [0, 0.1) is 11.7 Å². The first-order valence-electron chi connectivity index (χ1n) is 5.61. The van der Waals surface area contributed by atoms with Gasteiger partial charge in [0.1, 0.15) is 5.82 Å². The molecule has 0 amide bonds. The third-order valence-corrected chi connectivity index (χ3v) is 3.27. The molecule has 0 aliphatic heterocycles. The number of aliphatic hydroxyl groups excluding tert-OH is 1. The molecule has 0 aliphatic carbocycles. The van der Waals surface area contributed by atoms with Gasteiger partial charge in [-0.2, -0.15) is 0 Å². The van der Waals surface area contributed by atoms with E-state index in [4.69, 9.17) is 0 Å². The molecule has 1 nitrogen and oxygen atoms in total. The minimum atomic E-state index is -0.296. The van der Waals surface area contributed by atoms with Crippen LogP contribution in [0.2, 0.25) is 0 Å². The van der Waals surface area contributed by atoms with Crippen molar-refractivity contribution in [3.63, 3.8) is 0 Å². The van der Waals surface area contributed by atoms with Crippen molar-refractivity contribution in [1.82, 2.24) is 0 Å². The van der Waals surface area contributed by atoms with Gasteiger partial charge in [-0.05, 0) is 48.9 Å². The van der Waals surface area contributed by atoms with Gasteiger partial charge in [-0.3, -0.25) is 0 Å². The van der Waals surface area contributed by atoms with E-state index in [-0.39, 0.29) is 11.9 Å². The summed E-state index contributed by atoms with van der Waals surface area (Å²) in [5.74, 6) is 0.266. The average molecular weight is 289 g/mol. The van der Waals surface area contributed by atoms with Gasteiger partial charge in [-0.25, -0.2) is 4.39 Å². The number of halogens is 2. The van der Waals surface area contributed by atoms with E-state index in [1.54, 1.807) is 6.07 Å². The molecule has 1 atom stereocenters. The molecule has 0 heterocycles. The number of benzene rings is 1. The van der Waals surface area contributed by atoms with Crippen LogP contribution in [0.4, 0.5) is 4.39 Å². The van der Waals surface area contributed by atoms with Gasteiger partial charge in [0.05, 0.1) is 6.10 Å². The van der Waals surface area contributed by atoms with Crippen molar-refractivity contribution in [2.45, 2.75) is 39.2 Å². The molecular formula is C13H18BrFO. The zero-order chi connectivity index (χ0) is 12.1. The lowest BCUT2D eigenvalue weighted by Gasteiger charge is -2.13. The van der Waals surface area contributed by atoms with Gasteiger partial charge in [-0.1, -0.05) is 29.8 Å². The van der Waals surface area contributed by atoms with Crippen molar-refractivity contribution >= 4 is 15.9 Å². The van der Waals surface area contributed by atoms with E-state index in [9.17, 15) is 9.50 Å². The molecular weight excluding hydrogens is 271 g/mol. The van der Waals surface area contributed by atoms with E-state index in [1.807, 2.05) is 0 Å². The maximum atomic E-state index is 13.0. The molecule has 0 bridgehead atoms. The van der Waals surface area contributed by atoms with Crippen molar-refractivity contribution in [3.8, 4) is 0 Å². The number of rotatable bonds is 5. The zero-order valence-corrected chi connectivity index (χ0v) is 11.3. The topological polar surface area (TPSA) is 20.2 Å². The van der Waals surface area contributed by atoms with E-state index in [0.29, 0.717) is 18.8 Å². The average Bonchev–Trinajstić information content (AvgIpc) is 2.18. The fraction of sp³-hybridized carbons (Fsp3) is 0.538. The fourth-order valence-corrected chi connectivity index (χ4v) is 2.16. The number of aliphatic hydroxyl groups is 1. The first-order valence-corrected chi connectivity index (χ1v) is 6.40. The molecule has 0 aromatic heterocycles. The molecule has 3 heteroatoms. The Hall–Kier alpha value is -0.410. The first-order chi connectivity index (χ1) is 7.49. The van der Waals surface area contributed by atoms with Crippen LogP contribution in [0.3, 0.4) is 0 Å². The second-order valence-corrected chi connectivity index (χ2v) is 5.41. The minimum absolute atomic E-state index is 0.225. The molecule has 1 rings (SSSR count). The van der Waals surface area contributed by atoms with Gasteiger partial charge in [0.15, 0.2) is 0 Å². The first kappa shape index (κ1) is 13.7. The second-order valence-electron chi connectivity index (χ2n) is 4.56. The molecule has 0 aliphatic rings. The lowest BCUT2D eigenvalue weighted by atomic mass is 10.00. The van der Waals surface area contributed by atoms with Crippen LogP contribution in [0.1, 0.15) is 32.3 Å². The summed E-state index contributed by atoms with van der Waals surface area (Å²) in [4.78, 5) is 0. The Labute approximate surface area is 105 Å². The highest BCUT2D eigenvalue weighted by molar-refractivity contribution is 9.10. The van der Waals surface area contributed by atoms with Gasteiger partial charge in [0.25, 0.3) is 0 Å². The molecule has 1 unspecified atom stereocenters. The lowest BCUT2D eigenvalue weighted by Crippen LogP contribution is -2.11. The Morgan fingerprint density at radius 1 is 1.38 bits per heavy atom. The fourth-order valence-electron chi connectivity index (χ4n) is 1.72. The molecule has 16 heavy (non-hydrogen) atoms. The van der Waals surface area contributed by atoms with E-state index in [0.717, 1.165) is 16.5 Å². The Kier molecular flexibility index (Phi) is 5.42. The molecule has 90 valence electrons. The lowest BCUT2D eigenvalue weighted by molar-refractivity contribution is 0.139. The van der Waals surface area contributed by atoms with Gasteiger partial charge < -0.3 is 5.11 Å². The summed E-state index contributed by atoms with van der Waals surface area (Å²) < 4.78 is 13.9. The van der Waals surface area contributed by atoms with Crippen molar-refractivity contribution in [3.05, 3.63) is 34.1 Å². The van der Waals surface area contributed by atoms with Crippen LogP contribution < -0.4 is 0 Å². The van der Waals surface area contributed by atoms with Crippen molar-refractivity contribution in [1.29, 1.82) is 0 Å². The molecule has 0 spiro atoms. The van der Waals surface area contributed by atoms with E-state index >= 15 is 0 Å². The number of hydrogen-bond acceptors (Lipinski definition) is 1. The highest BCUT2D eigenvalue weighted by atomic mass is 79.9. The Balaban J connectivity index is 2.51. The summed E-state index contributed by atoms with van der Waals surface area (Å²) in [6.45, 7) is 4.17. The second kappa shape index (κ2) is 6.36. The predicted molar refractivity (Wildman–Crippen MR) is 67.9 cm³/mol. The minimum Gasteiger partial charge on any atom is -0.393 e. The van der Waals surface area contributed by atoms with Crippen molar-refractivity contribution in [2.75, 3.05) is 0 Å². The maximum absolute atomic E-state index is 13.0. The quantitative estimate of drug-likeness (QED) is 0.870. The van der Waals surface area contributed by atoms with Crippen LogP contribution in [0.5, 0.6) is 0 Å². The standard InChI is InChI=1S/C13H18BrFO/c1-9(2)7-12(16)5-3-10-8-11(15)4-6-13(10)14/h4,6,8-9,12,16H,3,5,7H2,1-2H3. The monoisotopic (exact) mass is 288 g/mol. The van der Waals surface area contributed by atoms with Crippen LogP contribution in [0.15, 0.2) is 22.7 Å². The molecule has 0 radical (unpaired) electrons. The molecule has 1 aromatic rings. The van der Waals surface area contributed by atoms with E-state index in [2.05, 4.69) is 29.8 Å². The Morgan fingerprint density at radius 2 is 2.06 bits per heavy atom. The summed E-state index contributed by atoms with van der Waals surface area (Å²) in [5.41, 5.74) is 0.919.